The lowest BCUT2D eigenvalue weighted by molar-refractivity contribution is -0.907. The Hall–Kier alpha value is -3.77. The van der Waals surface area contributed by atoms with Crippen LogP contribution in [0.1, 0.15) is 11.1 Å². The van der Waals surface area contributed by atoms with Gasteiger partial charge < -0.3 is 23.9 Å². The molecule has 6 heteroatoms. The second kappa shape index (κ2) is 8.93. The number of phenolic OH excluding ortho intramolecular Hbond substituents is 1. The van der Waals surface area contributed by atoms with Crippen LogP contribution in [0.4, 0.5) is 0 Å². The van der Waals surface area contributed by atoms with Gasteiger partial charge in [-0.3, -0.25) is 4.79 Å². The van der Waals surface area contributed by atoms with Crippen molar-refractivity contribution in [2.24, 2.45) is 0 Å². The number of rotatable bonds is 7. The van der Waals surface area contributed by atoms with Crippen molar-refractivity contribution in [1.29, 1.82) is 0 Å². The Labute approximate surface area is 179 Å². The van der Waals surface area contributed by atoms with Crippen LogP contribution in [0.5, 0.6) is 23.0 Å². The van der Waals surface area contributed by atoms with Gasteiger partial charge in [-0.15, -0.1) is 0 Å². The van der Waals surface area contributed by atoms with Gasteiger partial charge in [0.2, 0.25) is 11.2 Å². The number of quaternary nitrogens is 1. The van der Waals surface area contributed by atoms with Crippen molar-refractivity contribution in [1.82, 2.24) is 0 Å². The zero-order chi connectivity index (χ0) is 21.8. The third kappa shape index (κ3) is 4.54. The Morgan fingerprint density at radius 1 is 0.935 bits per heavy atom. The molecule has 4 aromatic rings. The first kappa shape index (κ1) is 20.5. The first-order valence-corrected chi connectivity index (χ1v) is 9.98. The standard InChI is InChI=1S/C25H23NO5/c1-26(14-17-6-4-3-5-7-17)15-21-22(27)13-12-20-24(28)23(16-30-25(20)21)31-19-10-8-18(29-2)9-11-19/h3-13,16,27H,14-15H2,1-2H3/p+1. The minimum Gasteiger partial charge on any atom is -0.507 e. The smallest absolute Gasteiger partial charge is 0.235 e. The lowest BCUT2D eigenvalue weighted by Crippen LogP contribution is -3.06. The van der Waals surface area contributed by atoms with Gasteiger partial charge >= 0.3 is 0 Å². The Morgan fingerprint density at radius 3 is 2.35 bits per heavy atom. The van der Waals surface area contributed by atoms with Crippen molar-refractivity contribution in [2.45, 2.75) is 13.1 Å². The summed E-state index contributed by atoms with van der Waals surface area (Å²) in [7, 11) is 3.62. The van der Waals surface area contributed by atoms with Gasteiger partial charge in [-0.1, -0.05) is 30.3 Å². The number of methoxy groups -OCH3 is 1. The van der Waals surface area contributed by atoms with Crippen LogP contribution in [-0.4, -0.2) is 19.3 Å². The van der Waals surface area contributed by atoms with E-state index in [0.29, 0.717) is 34.6 Å². The summed E-state index contributed by atoms with van der Waals surface area (Å²) >= 11 is 0. The SMILES string of the molecule is COc1ccc(Oc2coc3c(C[NH+](C)Cc4ccccc4)c(O)ccc3c2=O)cc1. The molecule has 4 rings (SSSR count). The summed E-state index contributed by atoms with van der Waals surface area (Å²) in [5.41, 5.74) is 1.87. The Balaban J connectivity index is 1.62. The summed E-state index contributed by atoms with van der Waals surface area (Å²) in [6.45, 7) is 1.28. The number of hydrogen-bond acceptors (Lipinski definition) is 5. The number of phenols is 1. The molecule has 0 aliphatic rings. The minimum atomic E-state index is -0.293. The van der Waals surface area contributed by atoms with Gasteiger partial charge in [0.15, 0.2) is 5.58 Å². The first-order valence-electron chi connectivity index (χ1n) is 9.98. The largest absolute Gasteiger partial charge is 0.507 e. The van der Waals surface area contributed by atoms with Gasteiger partial charge in [-0.2, -0.15) is 0 Å². The first-order chi connectivity index (χ1) is 15.0. The van der Waals surface area contributed by atoms with E-state index in [0.717, 1.165) is 11.4 Å². The van der Waals surface area contributed by atoms with Gasteiger partial charge in [0, 0.05) is 5.56 Å². The number of benzene rings is 3. The van der Waals surface area contributed by atoms with E-state index < -0.39 is 0 Å². The lowest BCUT2D eigenvalue weighted by atomic mass is 10.1. The molecule has 0 saturated heterocycles. The van der Waals surface area contributed by atoms with Crippen LogP contribution in [0, 0.1) is 0 Å². The van der Waals surface area contributed by atoms with Crippen molar-refractivity contribution in [3.63, 3.8) is 0 Å². The van der Waals surface area contributed by atoms with Crippen LogP contribution in [-0.2, 0) is 13.1 Å². The molecule has 1 unspecified atom stereocenters. The maximum Gasteiger partial charge on any atom is 0.235 e. The highest BCUT2D eigenvalue weighted by Crippen LogP contribution is 2.28. The summed E-state index contributed by atoms with van der Waals surface area (Å²) in [5, 5.41) is 10.8. The van der Waals surface area contributed by atoms with E-state index in [1.165, 1.54) is 17.9 Å². The van der Waals surface area contributed by atoms with E-state index >= 15 is 0 Å². The maximum absolute atomic E-state index is 13.0. The molecule has 3 aromatic carbocycles. The molecular formula is C25H24NO5+. The van der Waals surface area contributed by atoms with Crippen molar-refractivity contribution >= 4 is 11.0 Å². The molecule has 1 heterocycles. The average Bonchev–Trinajstić information content (AvgIpc) is 2.78. The fraction of sp³-hybridized carbons (Fsp3) is 0.160. The van der Waals surface area contributed by atoms with Gasteiger partial charge in [0.1, 0.15) is 36.6 Å². The quantitative estimate of drug-likeness (QED) is 0.481. The van der Waals surface area contributed by atoms with Crippen molar-refractivity contribution in [2.75, 3.05) is 14.2 Å². The van der Waals surface area contributed by atoms with Crippen LogP contribution in [0.15, 0.2) is 82.2 Å². The van der Waals surface area contributed by atoms with E-state index in [4.69, 9.17) is 13.9 Å². The molecule has 0 bridgehead atoms. The zero-order valence-corrected chi connectivity index (χ0v) is 17.4. The molecule has 0 fully saturated rings. The molecule has 1 aromatic heterocycles. The van der Waals surface area contributed by atoms with Gasteiger partial charge in [-0.25, -0.2) is 0 Å². The summed E-state index contributed by atoms with van der Waals surface area (Å²) < 4.78 is 16.6. The molecule has 31 heavy (non-hydrogen) atoms. The number of ether oxygens (including phenoxy) is 2. The van der Waals surface area contributed by atoms with Crippen LogP contribution < -0.4 is 19.8 Å². The van der Waals surface area contributed by atoms with Gasteiger partial charge in [0.05, 0.1) is 25.1 Å². The van der Waals surface area contributed by atoms with Gasteiger partial charge in [-0.05, 0) is 36.4 Å². The lowest BCUT2D eigenvalue weighted by Gasteiger charge is -2.16. The van der Waals surface area contributed by atoms with Crippen molar-refractivity contribution in [3.8, 4) is 23.0 Å². The molecule has 0 radical (unpaired) electrons. The molecule has 1 atom stereocenters. The molecule has 0 saturated carbocycles. The highest BCUT2D eigenvalue weighted by Gasteiger charge is 2.18. The fourth-order valence-electron chi connectivity index (χ4n) is 3.55. The van der Waals surface area contributed by atoms with E-state index in [1.807, 2.05) is 25.2 Å². The van der Waals surface area contributed by atoms with Crippen molar-refractivity contribution in [3.05, 3.63) is 94.3 Å². The predicted octanol–water partition coefficient (Wildman–Crippen LogP) is 3.51. The minimum absolute atomic E-state index is 0.0827. The number of aromatic hydroxyl groups is 1. The molecule has 6 nitrogen and oxygen atoms in total. The third-order valence-corrected chi connectivity index (χ3v) is 5.10. The van der Waals surface area contributed by atoms with E-state index in [2.05, 4.69) is 12.1 Å². The molecular weight excluding hydrogens is 394 g/mol. The Kier molecular flexibility index (Phi) is 5.91. The topological polar surface area (TPSA) is 73.3 Å². The highest BCUT2D eigenvalue weighted by molar-refractivity contribution is 5.82. The van der Waals surface area contributed by atoms with Crippen LogP contribution in [0.2, 0.25) is 0 Å². The summed E-state index contributed by atoms with van der Waals surface area (Å²) in [5.74, 6) is 1.38. The second-order valence-electron chi connectivity index (χ2n) is 7.44. The third-order valence-electron chi connectivity index (χ3n) is 5.10. The van der Waals surface area contributed by atoms with Crippen LogP contribution in [0.25, 0.3) is 11.0 Å². The molecule has 158 valence electrons. The number of fused-ring (bicyclic) bond motifs is 1. The van der Waals surface area contributed by atoms with E-state index in [9.17, 15) is 9.90 Å². The monoisotopic (exact) mass is 418 g/mol. The average molecular weight is 418 g/mol. The molecule has 0 aliphatic heterocycles. The summed E-state index contributed by atoms with van der Waals surface area (Å²) in [6.07, 6.45) is 1.30. The maximum atomic E-state index is 13.0. The van der Waals surface area contributed by atoms with Crippen molar-refractivity contribution < 1.29 is 23.9 Å². The number of nitrogens with one attached hydrogen (secondary N) is 1. The highest BCUT2D eigenvalue weighted by atomic mass is 16.5. The van der Waals surface area contributed by atoms with Gasteiger partial charge in [0.25, 0.3) is 0 Å². The Morgan fingerprint density at radius 2 is 1.65 bits per heavy atom. The summed E-state index contributed by atoms with van der Waals surface area (Å²) in [4.78, 5) is 14.1. The normalized spacial score (nSPS) is 11.9. The van der Waals surface area contributed by atoms with E-state index in [-0.39, 0.29) is 16.9 Å². The number of hydrogen-bond donors (Lipinski definition) is 2. The summed E-state index contributed by atoms with van der Waals surface area (Å²) in [6, 6.07) is 20.1. The molecule has 0 amide bonds. The molecule has 2 N–H and O–H groups in total. The molecule has 0 spiro atoms. The fourth-order valence-corrected chi connectivity index (χ4v) is 3.55. The van der Waals surface area contributed by atoms with E-state index in [1.54, 1.807) is 37.4 Å². The second-order valence-corrected chi connectivity index (χ2v) is 7.44. The van der Waals surface area contributed by atoms with Crippen LogP contribution in [0.3, 0.4) is 0 Å². The zero-order valence-electron chi connectivity index (χ0n) is 17.4. The van der Waals surface area contributed by atoms with Crippen LogP contribution >= 0.6 is 0 Å². The molecule has 0 aliphatic carbocycles. The Bertz CT molecular complexity index is 1230. The predicted molar refractivity (Wildman–Crippen MR) is 118 cm³/mol.